The number of carboxylic acids is 1. The highest BCUT2D eigenvalue weighted by atomic mass is 16.4. The molecule has 2 heterocycles. The summed E-state index contributed by atoms with van der Waals surface area (Å²) in [6.45, 7) is 1.39. The van der Waals surface area contributed by atoms with Gasteiger partial charge in [0.1, 0.15) is 0 Å². The van der Waals surface area contributed by atoms with E-state index in [-0.39, 0.29) is 0 Å². The maximum atomic E-state index is 11.4. The van der Waals surface area contributed by atoms with Gasteiger partial charge in [0.05, 0.1) is 5.56 Å². The van der Waals surface area contributed by atoms with Crippen LogP contribution in [0.3, 0.4) is 0 Å². The number of aromatic carboxylic acids is 1. The smallest absolute Gasteiger partial charge is 0.335 e. The van der Waals surface area contributed by atoms with Crippen LogP contribution in [0.1, 0.15) is 21.5 Å². The average molecular weight is 472 g/mol. The number of rotatable bonds is 6. The van der Waals surface area contributed by atoms with E-state index in [9.17, 15) is 9.90 Å². The first-order chi connectivity index (χ1) is 17.5. The highest BCUT2D eigenvalue weighted by Crippen LogP contribution is 2.29. The average Bonchev–Trinajstić information content (AvgIpc) is 3.49. The molecule has 36 heavy (non-hydrogen) atoms. The first-order valence-corrected chi connectivity index (χ1v) is 11.9. The van der Waals surface area contributed by atoms with Crippen molar-refractivity contribution in [1.29, 1.82) is 0 Å². The highest BCUT2D eigenvalue weighted by Gasteiger charge is 2.09. The molecule has 176 valence electrons. The van der Waals surface area contributed by atoms with Crippen molar-refractivity contribution in [3.8, 4) is 11.1 Å². The van der Waals surface area contributed by atoms with Crippen LogP contribution in [0, 0.1) is 0 Å². The molecule has 2 aromatic heterocycles. The van der Waals surface area contributed by atoms with E-state index < -0.39 is 5.97 Å². The van der Waals surface area contributed by atoms with Gasteiger partial charge in [0.25, 0.3) is 0 Å². The summed E-state index contributed by atoms with van der Waals surface area (Å²) in [6, 6.07) is 32.5. The van der Waals surface area contributed by atoms with Gasteiger partial charge in [-0.05, 0) is 81.6 Å². The molecule has 0 spiro atoms. The lowest BCUT2D eigenvalue weighted by Gasteiger charge is -2.10. The summed E-state index contributed by atoms with van der Waals surface area (Å²) in [4.78, 5) is 11.4. The zero-order valence-electron chi connectivity index (χ0n) is 19.6. The number of aromatic nitrogens is 2. The molecule has 0 saturated heterocycles. The summed E-state index contributed by atoms with van der Waals surface area (Å²) in [7, 11) is 0. The molecule has 0 bridgehead atoms. The Morgan fingerprint density at radius 3 is 1.83 bits per heavy atom. The zero-order chi connectivity index (χ0) is 24.6. The lowest BCUT2D eigenvalue weighted by Crippen LogP contribution is -2.01. The second-order valence-electron chi connectivity index (χ2n) is 9.18. The van der Waals surface area contributed by atoms with Crippen LogP contribution >= 0.6 is 0 Å². The maximum Gasteiger partial charge on any atom is 0.335 e. The number of benzene rings is 4. The maximum absolute atomic E-state index is 11.4. The molecule has 0 fully saturated rings. The molecule has 0 unspecified atom stereocenters. The number of fused-ring (bicyclic) bond motifs is 2. The fourth-order valence-corrected chi connectivity index (χ4v) is 4.82. The number of nitrogens with two attached hydrogens (primary N) is 1. The van der Waals surface area contributed by atoms with Crippen LogP contribution in [-0.2, 0) is 13.1 Å². The minimum absolute atomic E-state index is 0.305. The molecule has 0 aliphatic rings. The van der Waals surface area contributed by atoms with Crippen LogP contribution < -0.4 is 5.73 Å². The van der Waals surface area contributed by atoms with Crippen molar-refractivity contribution >= 4 is 33.5 Å². The van der Waals surface area contributed by atoms with E-state index in [2.05, 4.69) is 82.2 Å². The van der Waals surface area contributed by atoms with Gasteiger partial charge in [0.15, 0.2) is 0 Å². The van der Waals surface area contributed by atoms with Gasteiger partial charge in [-0.1, -0.05) is 48.5 Å². The molecule has 0 radical (unpaired) electrons. The Hall–Kier alpha value is -4.77. The van der Waals surface area contributed by atoms with Crippen LogP contribution in [0.2, 0.25) is 0 Å². The van der Waals surface area contributed by atoms with Crippen LogP contribution in [-0.4, -0.2) is 20.2 Å². The van der Waals surface area contributed by atoms with Gasteiger partial charge in [-0.15, -0.1) is 0 Å². The van der Waals surface area contributed by atoms with Crippen LogP contribution in [0.25, 0.3) is 32.9 Å². The zero-order valence-corrected chi connectivity index (χ0v) is 19.6. The van der Waals surface area contributed by atoms with E-state index in [1.807, 2.05) is 18.2 Å². The van der Waals surface area contributed by atoms with Crippen molar-refractivity contribution in [1.82, 2.24) is 9.13 Å². The molecule has 0 saturated carbocycles. The summed E-state index contributed by atoms with van der Waals surface area (Å²) in [5, 5.41) is 11.7. The lowest BCUT2D eigenvalue weighted by molar-refractivity contribution is 0.0696. The summed E-state index contributed by atoms with van der Waals surface area (Å²) in [5.41, 5.74) is 13.7. The molecular weight excluding hydrogens is 446 g/mol. The third kappa shape index (κ3) is 4.12. The van der Waals surface area contributed by atoms with E-state index in [1.54, 1.807) is 18.2 Å². The normalized spacial score (nSPS) is 11.3. The van der Waals surface area contributed by atoms with E-state index in [0.29, 0.717) is 12.1 Å². The van der Waals surface area contributed by atoms with Crippen LogP contribution in [0.4, 0.5) is 5.69 Å². The third-order valence-electron chi connectivity index (χ3n) is 6.74. The first-order valence-electron chi connectivity index (χ1n) is 11.9. The van der Waals surface area contributed by atoms with Crippen molar-refractivity contribution in [3.63, 3.8) is 0 Å². The predicted molar refractivity (Wildman–Crippen MR) is 145 cm³/mol. The molecule has 0 aliphatic heterocycles. The fourth-order valence-electron chi connectivity index (χ4n) is 4.82. The fraction of sp³-hybridized carbons (Fsp3) is 0.0645. The SMILES string of the molecule is Nc1ccc(Cn2ccc3ccc(-c4ccc5ccn(Cc6cccc(C(=O)O)c6)c5c4)cc32)cc1. The van der Waals surface area contributed by atoms with Gasteiger partial charge in [-0.25, -0.2) is 4.79 Å². The van der Waals surface area contributed by atoms with Crippen molar-refractivity contribution in [2.75, 3.05) is 5.73 Å². The van der Waals surface area contributed by atoms with Crippen LogP contribution in [0.15, 0.2) is 109 Å². The molecule has 3 N–H and O–H groups in total. The van der Waals surface area contributed by atoms with E-state index >= 15 is 0 Å². The van der Waals surface area contributed by atoms with Gasteiger partial charge >= 0.3 is 5.97 Å². The third-order valence-corrected chi connectivity index (χ3v) is 6.74. The van der Waals surface area contributed by atoms with Gasteiger partial charge in [0.2, 0.25) is 0 Å². The summed E-state index contributed by atoms with van der Waals surface area (Å²) < 4.78 is 4.43. The molecule has 6 aromatic rings. The highest BCUT2D eigenvalue weighted by molar-refractivity contribution is 5.90. The van der Waals surface area contributed by atoms with Crippen LogP contribution in [0.5, 0.6) is 0 Å². The van der Waals surface area contributed by atoms with Gasteiger partial charge < -0.3 is 20.0 Å². The summed E-state index contributed by atoms with van der Waals surface area (Å²) >= 11 is 0. The molecule has 5 nitrogen and oxygen atoms in total. The number of nitrogens with zero attached hydrogens (tertiary/aromatic N) is 2. The van der Waals surface area contributed by atoms with E-state index in [4.69, 9.17) is 5.73 Å². The predicted octanol–water partition coefficient (Wildman–Crippen LogP) is 6.64. The molecular formula is C31H25N3O2. The topological polar surface area (TPSA) is 73.2 Å². The van der Waals surface area contributed by atoms with Crippen molar-refractivity contribution in [2.24, 2.45) is 0 Å². The number of hydrogen-bond donors (Lipinski definition) is 2. The van der Waals surface area contributed by atoms with Crippen molar-refractivity contribution < 1.29 is 9.90 Å². The first kappa shape index (κ1) is 21.7. The van der Waals surface area contributed by atoms with Gasteiger partial charge in [-0.3, -0.25) is 0 Å². The molecule has 4 aromatic carbocycles. The quantitative estimate of drug-likeness (QED) is 0.268. The van der Waals surface area contributed by atoms with E-state index in [0.717, 1.165) is 39.8 Å². The Balaban J connectivity index is 1.34. The summed E-state index contributed by atoms with van der Waals surface area (Å²) in [6.07, 6.45) is 4.19. The molecule has 0 aliphatic carbocycles. The minimum atomic E-state index is -0.909. The number of carboxylic acid groups (broad SMARTS) is 1. The van der Waals surface area contributed by atoms with Gasteiger partial charge in [-0.2, -0.15) is 0 Å². The number of hydrogen-bond acceptors (Lipinski definition) is 2. The van der Waals surface area contributed by atoms with E-state index in [1.165, 1.54) is 16.5 Å². The molecule has 5 heteroatoms. The Kier molecular flexibility index (Phi) is 5.30. The number of carbonyl (C=O) groups is 1. The van der Waals surface area contributed by atoms with Crippen molar-refractivity contribution in [3.05, 3.63) is 126 Å². The number of nitrogen functional groups attached to an aromatic ring is 1. The second-order valence-corrected chi connectivity index (χ2v) is 9.18. The Bertz CT molecular complexity index is 1720. The molecule has 6 rings (SSSR count). The monoisotopic (exact) mass is 471 g/mol. The molecule has 0 atom stereocenters. The largest absolute Gasteiger partial charge is 0.478 e. The Morgan fingerprint density at radius 1 is 0.667 bits per heavy atom. The minimum Gasteiger partial charge on any atom is -0.478 e. The van der Waals surface area contributed by atoms with Crippen molar-refractivity contribution in [2.45, 2.75) is 13.1 Å². The standard InChI is InChI=1S/C31H25N3O2/c32-28-10-4-21(5-11-28)19-33-14-12-23-6-8-25(17-29(23)33)26-9-7-24-13-15-34(30(24)18-26)20-22-2-1-3-27(16-22)31(35)36/h1-18H,19-20,32H2,(H,35,36). The van der Waals surface area contributed by atoms with Gasteiger partial charge in [0, 0.05) is 42.2 Å². The summed E-state index contributed by atoms with van der Waals surface area (Å²) in [5.74, 6) is -0.909. The Morgan fingerprint density at radius 2 is 1.25 bits per heavy atom. The molecule has 0 amide bonds. The Labute approximate surface area is 208 Å². The second kappa shape index (κ2) is 8.78. The number of anilines is 1. The lowest BCUT2D eigenvalue weighted by atomic mass is 10.0.